The van der Waals surface area contributed by atoms with Crippen LogP contribution in [0.1, 0.15) is 29.8 Å². The molecule has 124 valence electrons. The van der Waals surface area contributed by atoms with Crippen LogP contribution in [0.3, 0.4) is 0 Å². The lowest BCUT2D eigenvalue weighted by atomic mass is 9.78. The zero-order valence-corrected chi connectivity index (χ0v) is 14.0. The molecule has 2 N–H and O–H groups in total. The molecule has 1 aliphatic rings. The highest BCUT2D eigenvalue weighted by atomic mass is 16.5. The van der Waals surface area contributed by atoms with Crippen LogP contribution in [0.2, 0.25) is 0 Å². The fourth-order valence-electron chi connectivity index (χ4n) is 3.30. The summed E-state index contributed by atoms with van der Waals surface area (Å²) in [6, 6.07) is 14.6. The maximum Gasteiger partial charge on any atom is 0.492 e. The van der Waals surface area contributed by atoms with E-state index in [0.29, 0.717) is 16.7 Å². The molecule has 1 aromatic heterocycles. The molecule has 0 saturated heterocycles. The van der Waals surface area contributed by atoms with Gasteiger partial charge in [-0.15, -0.1) is 0 Å². The average Bonchev–Trinajstić information content (AvgIpc) is 2.83. The van der Waals surface area contributed by atoms with Crippen molar-refractivity contribution in [1.29, 1.82) is 0 Å². The molecule has 2 heterocycles. The monoisotopic (exact) mass is 332 g/mol. The van der Waals surface area contributed by atoms with E-state index in [1.807, 2.05) is 50.2 Å². The molecule has 6 heteroatoms. The summed E-state index contributed by atoms with van der Waals surface area (Å²) in [5.41, 5.74) is 3.01. The molecule has 5 nitrogen and oxygen atoms in total. The lowest BCUT2D eigenvalue weighted by molar-refractivity contribution is 0.101. The van der Waals surface area contributed by atoms with E-state index in [2.05, 4.69) is 10.3 Å². The summed E-state index contributed by atoms with van der Waals surface area (Å²) >= 11 is 0. The molecule has 4 rings (SSSR count). The Bertz CT molecular complexity index is 982. The van der Waals surface area contributed by atoms with Crippen LogP contribution in [-0.4, -0.2) is 23.0 Å². The zero-order valence-electron chi connectivity index (χ0n) is 14.0. The van der Waals surface area contributed by atoms with E-state index < -0.39 is 12.7 Å². The molecule has 0 saturated carbocycles. The van der Waals surface area contributed by atoms with E-state index >= 15 is 0 Å². The third kappa shape index (κ3) is 2.69. The van der Waals surface area contributed by atoms with Crippen LogP contribution in [0.25, 0.3) is 10.9 Å². The van der Waals surface area contributed by atoms with Crippen LogP contribution in [0.15, 0.2) is 54.7 Å². The van der Waals surface area contributed by atoms with Crippen LogP contribution in [-0.2, 0) is 10.3 Å². The maximum atomic E-state index is 12.7. The number of fused-ring (bicyclic) bond motifs is 2. The van der Waals surface area contributed by atoms with Gasteiger partial charge in [0.1, 0.15) is 0 Å². The Labute approximate surface area is 145 Å². The molecule has 25 heavy (non-hydrogen) atoms. The highest BCUT2D eigenvalue weighted by Crippen LogP contribution is 2.30. The number of carbonyl (C=O) groups is 1. The van der Waals surface area contributed by atoms with Crippen molar-refractivity contribution in [2.24, 2.45) is 0 Å². The van der Waals surface area contributed by atoms with E-state index in [1.165, 1.54) is 0 Å². The van der Waals surface area contributed by atoms with Gasteiger partial charge in [-0.1, -0.05) is 18.2 Å². The van der Waals surface area contributed by atoms with Gasteiger partial charge in [0.05, 0.1) is 11.1 Å². The van der Waals surface area contributed by atoms with Crippen LogP contribution >= 0.6 is 0 Å². The van der Waals surface area contributed by atoms with Crippen molar-refractivity contribution in [3.05, 3.63) is 65.9 Å². The maximum absolute atomic E-state index is 12.7. The number of pyridine rings is 1. The Hall–Kier alpha value is -2.70. The Morgan fingerprint density at radius 3 is 2.88 bits per heavy atom. The molecule has 1 amide bonds. The molecule has 2 aromatic carbocycles. The molecule has 0 bridgehead atoms. The Morgan fingerprint density at radius 2 is 2.04 bits per heavy atom. The molecule has 3 aromatic rings. The first-order valence-corrected chi connectivity index (χ1v) is 8.11. The largest absolute Gasteiger partial charge is 0.492 e. The SMILES string of the molecule is CC1(C)OB(O)c2cc(NC(=O)c3cccc4ncccc34)ccc21. The standard InChI is InChI=1S/C19H17BN2O3/c1-19(2)15-9-8-12(11-16(15)20(24)25-19)22-18(23)14-5-3-7-17-13(14)6-4-10-21-17/h3-11,24H,1-2H3,(H,22,23). The summed E-state index contributed by atoms with van der Waals surface area (Å²) in [4.78, 5) is 17.0. The summed E-state index contributed by atoms with van der Waals surface area (Å²) in [7, 11) is -0.983. The van der Waals surface area contributed by atoms with Crippen molar-refractivity contribution < 1.29 is 14.5 Å². The minimum absolute atomic E-state index is 0.216. The van der Waals surface area contributed by atoms with Crippen molar-refractivity contribution >= 4 is 35.1 Å². The fourth-order valence-corrected chi connectivity index (χ4v) is 3.30. The van der Waals surface area contributed by atoms with Gasteiger partial charge in [0.15, 0.2) is 0 Å². The number of hydrogen-bond acceptors (Lipinski definition) is 4. The first kappa shape index (κ1) is 15.8. The van der Waals surface area contributed by atoms with Crippen molar-refractivity contribution in [3.63, 3.8) is 0 Å². The van der Waals surface area contributed by atoms with E-state index in [1.54, 1.807) is 18.3 Å². The third-order valence-corrected chi connectivity index (χ3v) is 4.52. The average molecular weight is 332 g/mol. The minimum Gasteiger partial charge on any atom is -0.423 e. The van der Waals surface area contributed by atoms with Gasteiger partial charge in [-0.25, -0.2) is 0 Å². The molecule has 0 spiro atoms. The summed E-state index contributed by atoms with van der Waals surface area (Å²) in [6.45, 7) is 3.81. The first-order valence-electron chi connectivity index (χ1n) is 8.11. The van der Waals surface area contributed by atoms with Crippen molar-refractivity contribution in [1.82, 2.24) is 4.98 Å². The first-order chi connectivity index (χ1) is 12.0. The molecular weight excluding hydrogens is 315 g/mol. The number of nitrogens with zero attached hydrogens (tertiary/aromatic N) is 1. The summed E-state index contributed by atoms with van der Waals surface area (Å²) in [5.74, 6) is -0.216. The van der Waals surface area contributed by atoms with Gasteiger partial charge in [-0.3, -0.25) is 9.78 Å². The van der Waals surface area contributed by atoms with Gasteiger partial charge in [0.2, 0.25) is 0 Å². The van der Waals surface area contributed by atoms with Crippen molar-refractivity contribution in [2.45, 2.75) is 19.4 Å². The highest BCUT2D eigenvalue weighted by Gasteiger charge is 2.40. The predicted molar refractivity (Wildman–Crippen MR) is 97.9 cm³/mol. The second-order valence-electron chi connectivity index (χ2n) is 6.61. The fraction of sp³-hybridized carbons (Fsp3) is 0.158. The molecule has 0 radical (unpaired) electrons. The number of carbonyl (C=O) groups excluding carboxylic acids is 1. The minimum atomic E-state index is -0.983. The van der Waals surface area contributed by atoms with Crippen LogP contribution in [0.5, 0.6) is 0 Å². The smallest absolute Gasteiger partial charge is 0.423 e. The highest BCUT2D eigenvalue weighted by molar-refractivity contribution is 6.62. The number of aromatic nitrogens is 1. The van der Waals surface area contributed by atoms with E-state index in [4.69, 9.17) is 4.65 Å². The quantitative estimate of drug-likeness (QED) is 0.707. The molecular formula is C19H17BN2O3. The second kappa shape index (κ2) is 5.69. The zero-order chi connectivity index (χ0) is 17.6. The Balaban J connectivity index is 1.67. The summed E-state index contributed by atoms with van der Waals surface area (Å²) < 4.78 is 5.56. The van der Waals surface area contributed by atoms with Gasteiger partial charge >= 0.3 is 7.12 Å². The summed E-state index contributed by atoms with van der Waals surface area (Å²) in [5, 5.41) is 13.8. The lowest BCUT2D eigenvalue weighted by Crippen LogP contribution is -2.29. The van der Waals surface area contributed by atoms with Gasteiger partial charge < -0.3 is 15.0 Å². The van der Waals surface area contributed by atoms with Gasteiger partial charge in [0, 0.05) is 22.8 Å². The number of benzene rings is 2. The van der Waals surface area contributed by atoms with E-state index in [9.17, 15) is 9.82 Å². The molecule has 0 fully saturated rings. The van der Waals surface area contributed by atoms with E-state index in [-0.39, 0.29) is 5.91 Å². The summed E-state index contributed by atoms with van der Waals surface area (Å²) in [6.07, 6.45) is 1.70. The lowest BCUT2D eigenvalue weighted by Gasteiger charge is -2.19. The Morgan fingerprint density at radius 1 is 1.20 bits per heavy atom. The number of nitrogens with one attached hydrogen (secondary N) is 1. The number of rotatable bonds is 2. The van der Waals surface area contributed by atoms with Crippen molar-refractivity contribution in [2.75, 3.05) is 5.32 Å². The Kier molecular flexibility index (Phi) is 3.60. The van der Waals surface area contributed by atoms with Gasteiger partial charge in [0.25, 0.3) is 5.91 Å². The van der Waals surface area contributed by atoms with Crippen LogP contribution in [0.4, 0.5) is 5.69 Å². The topological polar surface area (TPSA) is 71.5 Å². The molecule has 0 atom stereocenters. The number of amides is 1. The normalized spacial score (nSPS) is 15.2. The predicted octanol–water partition coefficient (Wildman–Crippen LogP) is 2.44. The number of hydrogen-bond donors (Lipinski definition) is 2. The third-order valence-electron chi connectivity index (χ3n) is 4.52. The molecule has 0 aliphatic carbocycles. The van der Waals surface area contributed by atoms with Gasteiger partial charge in [-0.2, -0.15) is 0 Å². The molecule has 1 aliphatic heterocycles. The van der Waals surface area contributed by atoms with E-state index in [0.717, 1.165) is 16.5 Å². The van der Waals surface area contributed by atoms with Gasteiger partial charge in [-0.05, 0) is 55.2 Å². The van der Waals surface area contributed by atoms with Crippen LogP contribution < -0.4 is 10.8 Å². The van der Waals surface area contributed by atoms with Crippen LogP contribution in [0, 0.1) is 0 Å². The second-order valence-corrected chi connectivity index (χ2v) is 6.61. The van der Waals surface area contributed by atoms with Crippen molar-refractivity contribution in [3.8, 4) is 0 Å². The molecule has 0 unspecified atom stereocenters. The number of anilines is 1.